The summed E-state index contributed by atoms with van der Waals surface area (Å²) in [5.74, 6) is 0.777. The van der Waals surface area contributed by atoms with Crippen molar-refractivity contribution in [2.75, 3.05) is 11.1 Å². The Morgan fingerprint density at radius 2 is 1.85 bits per heavy atom. The number of carbonyl (C=O) groups is 1. The van der Waals surface area contributed by atoms with Crippen molar-refractivity contribution in [3.8, 4) is 11.4 Å². The van der Waals surface area contributed by atoms with Gasteiger partial charge in [-0.2, -0.15) is 0 Å². The van der Waals surface area contributed by atoms with Gasteiger partial charge in [-0.15, -0.1) is 10.2 Å². The molecular formula is C19H18Cl2N4OS. The zero-order valence-electron chi connectivity index (χ0n) is 14.9. The summed E-state index contributed by atoms with van der Waals surface area (Å²) in [6, 6.07) is 12.9. The van der Waals surface area contributed by atoms with E-state index in [2.05, 4.69) is 15.5 Å². The minimum absolute atomic E-state index is 0.129. The summed E-state index contributed by atoms with van der Waals surface area (Å²) in [5.41, 5.74) is 2.37. The van der Waals surface area contributed by atoms with Crippen LogP contribution in [0.25, 0.3) is 11.4 Å². The van der Waals surface area contributed by atoms with E-state index in [4.69, 9.17) is 23.2 Å². The Balaban J connectivity index is 1.72. The second-order valence-electron chi connectivity index (χ2n) is 5.78. The molecule has 3 aromatic rings. The van der Waals surface area contributed by atoms with Crippen LogP contribution >= 0.6 is 35.0 Å². The monoisotopic (exact) mass is 420 g/mol. The average Bonchev–Trinajstić information content (AvgIpc) is 3.07. The van der Waals surface area contributed by atoms with Crippen LogP contribution in [0.4, 0.5) is 5.69 Å². The minimum atomic E-state index is -0.129. The highest BCUT2D eigenvalue weighted by Gasteiger charge is 2.16. The predicted molar refractivity (Wildman–Crippen MR) is 112 cm³/mol. The van der Waals surface area contributed by atoms with E-state index in [9.17, 15) is 4.79 Å². The van der Waals surface area contributed by atoms with Crippen LogP contribution in [0.2, 0.25) is 10.0 Å². The molecule has 1 heterocycles. The van der Waals surface area contributed by atoms with Crippen molar-refractivity contribution in [3.63, 3.8) is 0 Å². The van der Waals surface area contributed by atoms with Crippen LogP contribution < -0.4 is 5.32 Å². The molecule has 5 nitrogen and oxygen atoms in total. The maximum atomic E-state index is 12.3. The fourth-order valence-corrected chi connectivity index (χ4v) is 3.78. The number of amides is 1. The Hall–Kier alpha value is -2.02. The van der Waals surface area contributed by atoms with Gasteiger partial charge in [-0.05, 0) is 43.7 Å². The van der Waals surface area contributed by atoms with Gasteiger partial charge >= 0.3 is 0 Å². The summed E-state index contributed by atoms with van der Waals surface area (Å²) in [6.07, 6.45) is 0. The van der Waals surface area contributed by atoms with Crippen molar-refractivity contribution in [2.45, 2.75) is 25.5 Å². The van der Waals surface area contributed by atoms with Crippen LogP contribution in [0.15, 0.2) is 47.6 Å². The van der Waals surface area contributed by atoms with Crippen LogP contribution in [0.5, 0.6) is 0 Å². The van der Waals surface area contributed by atoms with Crippen LogP contribution in [-0.2, 0) is 11.3 Å². The normalized spacial score (nSPS) is 10.8. The van der Waals surface area contributed by atoms with Gasteiger partial charge < -0.3 is 9.88 Å². The maximum Gasteiger partial charge on any atom is 0.234 e. The van der Waals surface area contributed by atoms with Crippen molar-refractivity contribution in [3.05, 3.63) is 58.1 Å². The topological polar surface area (TPSA) is 59.8 Å². The lowest BCUT2D eigenvalue weighted by Gasteiger charge is -2.10. The van der Waals surface area contributed by atoms with E-state index in [1.807, 2.05) is 54.8 Å². The summed E-state index contributed by atoms with van der Waals surface area (Å²) in [6.45, 7) is 4.54. The number of rotatable bonds is 6. The van der Waals surface area contributed by atoms with Crippen LogP contribution in [0, 0.1) is 6.92 Å². The molecule has 0 unspecified atom stereocenters. The first-order valence-electron chi connectivity index (χ1n) is 8.37. The van der Waals surface area contributed by atoms with E-state index in [1.165, 1.54) is 11.8 Å². The first kappa shape index (κ1) is 19.7. The minimum Gasteiger partial charge on any atom is -0.325 e. The standard InChI is InChI=1S/C19H18Cl2N4OS/c1-3-25-18(13-7-4-5-8-15(13)21)23-24-19(25)27-11-17(26)22-16-10-6-9-14(20)12(16)2/h4-10H,3,11H2,1-2H3,(H,22,26). The number of hydrogen-bond donors (Lipinski definition) is 1. The Bertz CT molecular complexity index is 974. The van der Waals surface area contributed by atoms with Gasteiger partial charge in [0.05, 0.1) is 10.8 Å². The molecular weight excluding hydrogens is 403 g/mol. The van der Waals surface area contributed by atoms with Crippen LogP contribution in [-0.4, -0.2) is 26.4 Å². The molecule has 1 amide bonds. The molecule has 0 bridgehead atoms. The molecule has 1 N–H and O–H groups in total. The lowest BCUT2D eigenvalue weighted by molar-refractivity contribution is -0.113. The third-order valence-electron chi connectivity index (χ3n) is 4.02. The highest BCUT2D eigenvalue weighted by atomic mass is 35.5. The van der Waals surface area contributed by atoms with Gasteiger partial charge in [0, 0.05) is 22.8 Å². The molecule has 8 heteroatoms. The molecule has 0 fully saturated rings. The zero-order chi connectivity index (χ0) is 19.4. The number of anilines is 1. The number of thioether (sulfide) groups is 1. The number of hydrogen-bond acceptors (Lipinski definition) is 4. The first-order chi connectivity index (χ1) is 13.0. The van der Waals surface area contributed by atoms with E-state index in [-0.39, 0.29) is 11.7 Å². The molecule has 0 saturated heterocycles. The van der Waals surface area contributed by atoms with E-state index in [1.54, 1.807) is 6.07 Å². The number of aromatic nitrogens is 3. The number of benzene rings is 2. The third-order valence-corrected chi connectivity index (χ3v) is 5.73. The van der Waals surface area contributed by atoms with Gasteiger partial charge in [0.2, 0.25) is 5.91 Å². The number of carbonyl (C=O) groups excluding carboxylic acids is 1. The fourth-order valence-electron chi connectivity index (χ4n) is 2.58. The molecule has 0 aliphatic heterocycles. The quantitative estimate of drug-likeness (QED) is 0.548. The Labute approximate surface area is 172 Å². The van der Waals surface area contributed by atoms with Gasteiger partial charge in [0.25, 0.3) is 0 Å². The number of nitrogens with one attached hydrogen (secondary N) is 1. The van der Waals surface area contributed by atoms with Gasteiger partial charge in [0.15, 0.2) is 11.0 Å². The highest BCUT2D eigenvalue weighted by Crippen LogP contribution is 2.29. The average molecular weight is 421 g/mol. The van der Waals surface area contributed by atoms with Gasteiger partial charge in [-0.25, -0.2) is 0 Å². The highest BCUT2D eigenvalue weighted by molar-refractivity contribution is 7.99. The fraction of sp³-hybridized carbons (Fsp3) is 0.211. The Morgan fingerprint density at radius 1 is 1.11 bits per heavy atom. The van der Waals surface area contributed by atoms with Crippen molar-refractivity contribution >= 4 is 46.6 Å². The molecule has 0 atom stereocenters. The molecule has 0 aliphatic carbocycles. The summed E-state index contributed by atoms with van der Waals surface area (Å²) >= 11 is 13.7. The summed E-state index contributed by atoms with van der Waals surface area (Å²) in [5, 5.41) is 13.3. The van der Waals surface area contributed by atoms with Crippen molar-refractivity contribution < 1.29 is 4.79 Å². The second kappa shape index (κ2) is 8.78. The van der Waals surface area contributed by atoms with Gasteiger partial charge in [0.1, 0.15) is 0 Å². The summed E-state index contributed by atoms with van der Waals surface area (Å²) in [4.78, 5) is 12.3. The van der Waals surface area contributed by atoms with Gasteiger partial charge in [-0.3, -0.25) is 4.79 Å². The predicted octanol–water partition coefficient (Wildman–Crippen LogP) is 5.31. The molecule has 2 aromatic carbocycles. The molecule has 0 saturated carbocycles. The lowest BCUT2D eigenvalue weighted by atomic mass is 10.2. The van der Waals surface area contributed by atoms with E-state index in [0.717, 1.165) is 11.1 Å². The Morgan fingerprint density at radius 3 is 2.59 bits per heavy atom. The van der Waals surface area contributed by atoms with Crippen molar-refractivity contribution in [1.29, 1.82) is 0 Å². The van der Waals surface area contributed by atoms with Crippen LogP contribution in [0.3, 0.4) is 0 Å². The molecule has 1 aromatic heterocycles. The van der Waals surface area contributed by atoms with Crippen molar-refractivity contribution in [1.82, 2.24) is 14.8 Å². The largest absolute Gasteiger partial charge is 0.325 e. The SMILES string of the molecule is CCn1c(SCC(=O)Nc2cccc(Cl)c2C)nnc1-c1ccccc1Cl. The van der Waals surface area contributed by atoms with E-state index >= 15 is 0 Å². The summed E-state index contributed by atoms with van der Waals surface area (Å²) < 4.78 is 1.95. The third kappa shape index (κ3) is 4.46. The van der Waals surface area contributed by atoms with E-state index < -0.39 is 0 Å². The summed E-state index contributed by atoms with van der Waals surface area (Å²) in [7, 11) is 0. The van der Waals surface area contributed by atoms with E-state index in [0.29, 0.717) is 33.3 Å². The number of nitrogens with zero attached hydrogens (tertiary/aromatic N) is 3. The molecule has 27 heavy (non-hydrogen) atoms. The smallest absolute Gasteiger partial charge is 0.234 e. The van der Waals surface area contributed by atoms with Crippen molar-refractivity contribution in [2.24, 2.45) is 0 Å². The second-order valence-corrected chi connectivity index (χ2v) is 7.54. The van der Waals surface area contributed by atoms with Gasteiger partial charge in [-0.1, -0.05) is 53.2 Å². The molecule has 0 radical (unpaired) electrons. The van der Waals surface area contributed by atoms with Crippen LogP contribution in [0.1, 0.15) is 12.5 Å². The molecule has 3 rings (SSSR count). The lowest BCUT2D eigenvalue weighted by Crippen LogP contribution is -2.15. The molecule has 0 aliphatic rings. The molecule has 0 spiro atoms. The molecule has 140 valence electrons. The Kier molecular flexibility index (Phi) is 6.42. The number of halogens is 2. The first-order valence-corrected chi connectivity index (χ1v) is 10.1. The zero-order valence-corrected chi connectivity index (χ0v) is 17.2. The maximum absolute atomic E-state index is 12.3.